The molecule has 0 saturated carbocycles. The average molecular weight is 325 g/mol. The Balaban J connectivity index is 3.12. The van der Waals surface area contributed by atoms with Crippen LogP contribution < -0.4 is 0 Å². The lowest BCUT2D eigenvalue weighted by Gasteiger charge is -2.20. The second-order valence-electron chi connectivity index (χ2n) is 5.21. The zero-order valence-electron chi connectivity index (χ0n) is 13.7. The summed E-state index contributed by atoms with van der Waals surface area (Å²) in [5.74, 6) is 0.0681. The van der Waals surface area contributed by atoms with Crippen LogP contribution in [0.4, 0.5) is 0 Å². The summed E-state index contributed by atoms with van der Waals surface area (Å²) < 4.78 is 26.3. The molecular formula is C16H27N3O2S. The number of aromatic nitrogens is 2. The summed E-state index contributed by atoms with van der Waals surface area (Å²) in [7, 11) is -3.31. The smallest absolute Gasteiger partial charge is 0.227 e. The van der Waals surface area contributed by atoms with Crippen LogP contribution in [-0.4, -0.2) is 41.7 Å². The lowest BCUT2D eigenvalue weighted by Crippen LogP contribution is -2.25. The van der Waals surface area contributed by atoms with Gasteiger partial charge in [-0.2, -0.15) is 0 Å². The maximum atomic E-state index is 12.2. The van der Waals surface area contributed by atoms with Crippen molar-refractivity contribution in [2.24, 2.45) is 0 Å². The largest absolute Gasteiger partial charge is 0.318 e. The lowest BCUT2D eigenvalue weighted by atomic mass is 10.3. The summed E-state index contributed by atoms with van der Waals surface area (Å²) in [6, 6.07) is 0. The fourth-order valence-electron chi connectivity index (χ4n) is 2.25. The Morgan fingerprint density at radius 3 is 2.41 bits per heavy atom. The second kappa shape index (κ2) is 8.90. The monoisotopic (exact) mass is 325 g/mol. The molecule has 0 bridgehead atoms. The van der Waals surface area contributed by atoms with Gasteiger partial charge in [0.2, 0.25) is 15.0 Å². The van der Waals surface area contributed by atoms with Crippen molar-refractivity contribution in [1.29, 1.82) is 0 Å². The molecule has 1 heterocycles. The van der Waals surface area contributed by atoms with Gasteiger partial charge in [0.1, 0.15) is 0 Å². The van der Waals surface area contributed by atoms with Gasteiger partial charge >= 0.3 is 0 Å². The van der Waals surface area contributed by atoms with Gasteiger partial charge in [-0.3, -0.25) is 4.90 Å². The Morgan fingerprint density at radius 1 is 1.27 bits per heavy atom. The van der Waals surface area contributed by atoms with Crippen LogP contribution in [0.15, 0.2) is 36.7 Å². The summed E-state index contributed by atoms with van der Waals surface area (Å²) in [6.07, 6.45) is 7.28. The molecule has 0 N–H and O–H groups in total. The van der Waals surface area contributed by atoms with E-state index in [-0.39, 0.29) is 10.9 Å². The van der Waals surface area contributed by atoms with Gasteiger partial charge in [-0.15, -0.1) is 13.2 Å². The van der Waals surface area contributed by atoms with Crippen molar-refractivity contribution in [1.82, 2.24) is 14.5 Å². The molecule has 124 valence electrons. The minimum absolute atomic E-state index is 0.0681. The molecule has 1 aromatic rings. The van der Waals surface area contributed by atoms with Crippen molar-refractivity contribution in [3.05, 3.63) is 37.2 Å². The standard InChI is InChI=1S/C16H27N3O2S/c1-5-9-12-19-15(14-18(10-6-2)11-7-3)13-17-16(19)22(20,21)8-4/h6-7,13H,2-3,5,8-12,14H2,1,4H3. The third-order valence-electron chi connectivity index (χ3n) is 3.46. The first-order valence-corrected chi connectivity index (χ1v) is 9.36. The molecule has 0 amide bonds. The van der Waals surface area contributed by atoms with E-state index < -0.39 is 9.84 Å². The van der Waals surface area contributed by atoms with E-state index in [9.17, 15) is 8.42 Å². The van der Waals surface area contributed by atoms with Crippen LogP contribution in [0, 0.1) is 0 Å². The average Bonchev–Trinajstić information content (AvgIpc) is 2.89. The number of hydrogen-bond donors (Lipinski definition) is 0. The highest BCUT2D eigenvalue weighted by molar-refractivity contribution is 7.91. The molecule has 0 aliphatic carbocycles. The van der Waals surface area contributed by atoms with Crippen LogP contribution in [0.5, 0.6) is 0 Å². The first kappa shape index (κ1) is 18.6. The molecule has 0 aliphatic heterocycles. The van der Waals surface area contributed by atoms with Gasteiger partial charge in [0.15, 0.2) is 0 Å². The Bertz CT molecular complexity index is 581. The minimum Gasteiger partial charge on any atom is -0.318 e. The molecule has 0 radical (unpaired) electrons. The zero-order chi connectivity index (χ0) is 16.6. The number of unbranched alkanes of at least 4 members (excludes halogenated alkanes) is 1. The fraction of sp³-hybridized carbons (Fsp3) is 0.562. The van der Waals surface area contributed by atoms with Crippen molar-refractivity contribution in [2.75, 3.05) is 18.8 Å². The Hall–Kier alpha value is -1.40. The maximum Gasteiger partial charge on any atom is 0.227 e. The summed E-state index contributed by atoms with van der Waals surface area (Å²) in [5.41, 5.74) is 0.921. The third-order valence-corrected chi connectivity index (χ3v) is 5.10. The van der Waals surface area contributed by atoms with Gasteiger partial charge in [0.25, 0.3) is 0 Å². The highest BCUT2D eigenvalue weighted by Gasteiger charge is 2.21. The summed E-state index contributed by atoms with van der Waals surface area (Å²) in [5, 5.41) is 0.190. The van der Waals surface area contributed by atoms with Crippen LogP contribution in [-0.2, 0) is 22.9 Å². The molecule has 1 rings (SSSR count). The van der Waals surface area contributed by atoms with E-state index in [1.807, 2.05) is 16.7 Å². The molecule has 22 heavy (non-hydrogen) atoms. The first-order valence-electron chi connectivity index (χ1n) is 7.71. The molecule has 1 aromatic heterocycles. The van der Waals surface area contributed by atoms with Gasteiger partial charge in [0.05, 0.1) is 17.6 Å². The highest BCUT2D eigenvalue weighted by Crippen LogP contribution is 2.16. The molecule has 0 unspecified atom stereocenters. The molecule has 0 aliphatic rings. The van der Waals surface area contributed by atoms with Gasteiger partial charge in [0, 0.05) is 26.2 Å². The van der Waals surface area contributed by atoms with Crippen LogP contribution in [0.1, 0.15) is 32.4 Å². The highest BCUT2D eigenvalue weighted by atomic mass is 32.2. The molecule has 0 aromatic carbocycles. The zero-order valence-corrected chi connectivity index (χ0v) is 14.5. The Kier molecular flexibility index (Phi) is 7.55. The van der Waals surface area contributed by atoms with Crippen LogP contribution >= 0.6 is 0 Å². The number of sulfone groups is 1. The van der Waals surface area contributed by atoms with E-state index in [1.165, 1.54) is 0 Å². The summed E-state index contributed by atoms with van der Waals surface area (Å²) in [6.45, 7) is 14.0. The Labute approximate surface area is 134 Å². The Morgan fingerprint density at radius 2 is 1.91 bits per heavy atom. The fourth-order valence-corrected chi connectivity index (χ4v) is 3.26. The van der Waals surface area contributed by atoms with Gasteiger partial charge in [-0.25, -0.2) is 13.4 Å². The SMILES string of the molecule is C=CCN(CC=C)Cc1cnc(S(=O)(=O)CC)n1CCCC. The lowest BCUT2D eigenvalue weighted by molar-refractivity contribution is 0.315. The predicted molar refractivity (Wildman–Crippen MR) is 90.5 cm³/mol. The molecule has 0 saturated heterocycles. The van der Waals surface area contributed by atoms with E-state index in [0.29, 0.717) is 13.1 Å². The molecular weight excluding hydrogens is 298 g/mol. The molecule has 5 nitrogen and oxygen atoms in total. The van der Waals surface area contributed by atoms with E-state index in [0.717, 1.165) is 31.6 Å². The van der Waals surface area contributed by atoms with E-state index >= 15 is 0 Å². The molecule has 0 spiro atoms. The van der Waals surface area contributed by atoms with Crippen molar-refractivity contribution in [3.8, 4) is 0 Å². The van der Waals surface area contributed by atoms with Crippen LogP contribution in [0.3, 0.4) is 0 Å². The van der Waals surface area contributed by atoms with Crippen molar-refractivity contribution in [2.45, 2.75) is 44.9 Å². The van der Waals surface area contributed by atoms with Gasteiger partial charge in [-0.1, -0.05) is 32.4 Å². The summed E-state index contributed by atoms with van der Waals surface area (Å²) in [4.78, 5) is 6.32. The van der Waals surface area contributed by atoms with Gasteiger partial charge < -0.3 is 4.57 Å². The minimum atomic E-state index is -3.31. The van der Waals surface area contributed by atoms with E-state index in [1.54, 1.807) is 13.1 Å². The van der Waals surface area contributed by atoms with E-state index in [4.69, 9.17) is 0 Å². The maximum absolute atomic E-state index is 12.2. The third kappa shape index (κ3) is 4.81. The molecule has 6 heteroatoms. The van der Waals surface area contributed by atoms with Crippen molar-refractivity contribution < 1.29 is 8.42 Å². The molecule has 0 atom stereocenters. The van der Waals surface area contributed by atoms with Crippen LogP contribution in [0.25, 0.3) is 0 Å². The first-order chi connectivity index (χ1) is 10.5. The topological polar surface area (TPSA) is 55.2 Å². The molecule has 0 fully saturated rings. The van der Waals surface area contributed by atoms with Crippen molar-refractivity contribution in [3.63, 3.8) is 0 Å². The van der Waals surface area contributed by atoms with E-state index in [2.05, 4.69) is 30.0 Å². The van der Waals surface area contributed by atoms with Crippen LogP contribution in [0.2, 0.25) is 0 Å². The quantitative estimate of drug-likeness (QED) is 0.587. The number of rotatable bonds is 11. The second-order valence-corrected chi connectivity index (χ2v) is 7.38. The number of nitrogens with zero attached hydrogens (tertiary/aromatic N) is 3. The summed E-state index contributed by atoms with van der Waals surface area (Å²) >= 11 is 0. The number of imidazole rings is 1. The number of hydrogen-bond acceptors (Lipinski definition) is 4. The van der Waals surface area contributed by atoms with Crippen molar-refractivity contribution >= 4 is 9.84 Å². The predicted octanol–water partition coefficient (Wildman–Crippen LogP) is 2.65. The van der Waals surface area contributed by atoms with Gasteiger partial charge in [-0.05, 0) is 6.42 Å². The normalized spacial score (nSPS) is 11.8.